The van der Waals surface area contributed by atoms with Crippen molar-refractivity contribution < 1.29 is 24.2 Å². The van der Waals surface area contributed by atoms with E-state index in [9.17, 15) is 9.59 Å². The van der Waals surface area contributed by atoms with Crippen LogP contribution in [0.1, 0.15) is 22.8 Å². The van der Waals surface area contributed by atoms with E-state index >= 15 is 0 Å². The number of hydrogen-bond donors (Lipinski definition) is 1. The van der Waals surface area contributed by atoms with E-state index in [4.69, 9.17) is 14.6 Å². The first-order chi connectivity index (χ1) is 8.11. The molecule has 0 aliphatic carbocycles. The maximum absolute atomic E-state index is 11.6. The standard InChI is InChI=1S/C12H12O5/c1-2-16-8-4-3-7-5-10(11(13)14)17-12(15)9(7)6-8/h3-4,6,10H,2,5H2,1H3,(H,13,14). The van der Waals surface area contributed by atoms with Crippen molar-refractivity contribution in [3.63, 3.8) is 0 Å². The van der Waals surface area contributed by atoms with Crippen LogP contribution in [0.25, 0.3) is 0 Å². The summed E-state index contributed by atoms with van der Waals surface area (Å²) in [6, 6.07) is 5.01. The number of hydrogen-bond acceptors (Lipinski definition) is 4. The average Bonchev–Trinajstić information content (AvgIpc) is 2.30. The molecule has 1 aliphatic heterocycles. The molecule has 0 radical (unpaired) electrons. The molecule has 5 nitrogen and oxygen atoms in total. The predicted octanol–water partition coefficient (Wildman–Crippen LogP) is 1.25. The van der Waals surface area contributed by atoms with Gasteiger partial charge in [0.15, 0.2) is 0 Å². The first-order valence-electron chi connectivity index (χ1n) is 5.31. The molecule has 2 rings (SSSR count). The van der Waals surface area contributed by atoms with E-state index in [0.29, 0.717) is 23.5 Å². The first kappa shape index (κ1) is 11.4. The van der Waals surface area contributed by atoms with Gasteiger partial charge in [-0.2, -0.15) is 0 Å². The minimum Gasteiger partial charge on any atom is -0.494 e. The highest BCUT2D eigenvalue weighted by atomic mass is 16.6. The lowest BCUT2D eigenvalue weighted by atomic mass is 9.98. The van der Waals surface area contributed by atoms with E-state index in [1.807, 2.05) is 6.92 Å². The quantitative estimate of drug-likeness (QED) is 0.799. The second-order valence-electron chi connectivity index (χ2n) is 3.69. The molecule has 1 unspecified atom stereocenters. The minimum absolute atomic E-state index is 0.197. The van der Waals surface area contributed by atoms with Crippen molar-refractivity contribution in [3.8, 4) is 5.75 Å². The third kappa shape index (κ3) is 2.22. The number of cyclic esters (lactones) is 1. The second kappa shape index (κ2) is 4.45. The molecule has 0 fully saturated rings. The summed E-state index contributed by atoms with van der Waals surface area (Å²) >= 11 is 0. The van der Waals surface area contributed by atoms with Crippen molar-refractivity contribution in [1.29, 1.82) is 0 Å². The van der Waals surface area contributed by atoms with Gasteiger partial charge in [0.1, 0.15) is 5.75 Å². The number of aliphatic carboxylic acids is 1. The summed E-state index contributed by atoms with van der Waals surface area (Å²) in [5, 5.41) is 8.82. The van der Waals surface area contributed by atoms with Crippen LogP contribution in [-0.4, -0.2) is 29.8 Å². The summed E-state index contributed by atoms with van der Waals surface area (Å²) in [7, 11) is 0. The Morgan fingerprint density at radius 3 is 3.00 bits per heavy atom. The molecule has 5 heteroatoms. The highest BCUT2D eigenvalue weighted by Gasteiger charge is 2.31. The summed E-state index contributed by atoms with van der Waals surface area (Å²) in [5.74, 6) is -1.16. The number of fused-ring (bicyclic) bond motifs is 1. The summed E-state index contributed by atoms with van der Waals surface area (Å²) < 4.78 is 10.1. The van der Waals surface area contributed by atoms with Crippen LogP contribution in [-0.2, 0) is 16.0 Å². The lowest BCUT2D eigenvalue weighted by Crippen LogP contribution is -2.34. The van der Waals surface area contributed by atoms with Gasteiger partial charge in [0.2, 0.25) is 6.10 Å². The molecule has 0 amide bonds. The maximum Gasteiger partial charge on any atom is 0.345 e. The Bertz CT molecular complexity index is 466. The van der Waals surface area contributed by atoms with E-state index in [2.05, 4.69) is 0 Å². The minimum atomic E-state index is -1.13. The van der Waals surface area contributed by atoms with E-state index in [-0.39, 0.29) is 6.42 Å². The second-order valence-corrected chi connectivity index (χ2v) is 3.69. The zero-order valence-corrected chi connectivity index (χ0v) is 9.30. The van der Waals surface area contributed by atoms with Crippen LogP contribution in [0.3, 0.4) is 0 Å². The number of carboxylic acid groups (broad SMARTS) is 1. The molecular weight excluding hydrogens is 224 g/mol. The van der Waals surface area contributed by atoms with Crippen LogP contribution in [0.5, 0.6) is 5.75 Å². The number of benzene rings is 1. The van der Waals surface area contributed by atoms with E-state index in [1.165, 1.54) is 0 Å². The molecule has 1 aromatic rings. The number of esters is 1. The van der Waals surface area contributed by atoms with Crippen LogP contribution < -0.4 is 4.74 Å². The van der Waals surface area contributed by atoms with E-state index in [1.54, 1.807) is 18.2 Å². The first-order valence-corrected chi connectivity index (χ1v) is 5.31. The number of carboxylic acids is 1. The number of ether oxygens (including phenoxy) is 2. The Balaban J connectivity index is 2.31. The lowest BCUT2D eigenvalue weighted by Gasteiger charge is -2.21. The molecule has 90 valence electrons. The van der Waals surface area contributed by atoms with Crippen molar-refractivity contribution in [2.45, 2.75) is 19.4 Å². The zero-order chi connectivity index (χ0) is 12.4. The molecule has 0 spiro atoms. The third-order valence-electron chi connectivity index (χ3n) is 2.54. The topological polar surface area (TPSA) is 72.8 Å². The number of rotatable bonds is 3. The van der Waals surface area contributed by atoms with Gasteiger partial charge in [-0.15, -0.1) is 0 Å². The third-order valence-corrected chi connectivity index (χ3v) is 2.54. The van der Waals surface area contributed by atoms with Gasteiger partial charge in [-0.05, 0) is 24.6 Å². The normalized spacial score (nSPS) is 18.2. The van der Waals surface area contributed by atoms with Crippen molar-refractivity contribution >= 4 is 11.9 Å². The van der Waals surface area contributed by atoms with Gasteiger partial charge >= 0.3 is 11.9 Å². The zero-order valence-electron chi connectivity index (χ0n) is 9.30. The Hall–Kier alpha value is -2.04. The van der Waals surface area contributed by atoms with Gasteiger partial charge in [0.05, 0.1) is 12.2 Å². The lowest BCUT2D eigenvalue weighted by molar-refractivity contribution is -0.147. The highest BCUT2D eigenvalue weighted by Crippen LogP contribution is 2.25. The van der Waals surface area contributed by atoms with Gasteiger partial charge in [-0.3, -0.25) is 0 Å². The molecule has 1 heterocycles. The van der Waals surface area contributed by atoms with Gasteiger partial charge in [-0.1, -0.05) is 6.07 Å². The van der Waals surface area contributed by atoms with Gasteiger partial charge in [-0.25, -0.2) is 9.59 Å². The fourth-order valence-electron chi connectivity index (χ4n) is 1.75. The number of carbonyl (C=O) groups excluding carboxylic acids is 1. The Morgan fingerprint density at radius 1 is 1.59 bits per heavy atom. The fourth-order valence-corrected chi connectivity index (χ4v) is 1.75. The summed E-state index contributed by atoms with van der Waals surface area (Å²) in [6.45, 7) is 2.35. The molecular formula is C12H12O5. The summed E-state index contributed by atoms with van der Waals surface area (Å²) in [5.41, 5.74) is 1.06. The van der Waals surface area contributed by atoms with Crippen LogP contribution in [0, 0.1) is 0 Å². The maximum atomic E-state index is 11.6. The van der Waals surface area contributed by atoms with Crippen LogP contribution in [0.2, 0.25) is 0 Å². The van der Waals surface area contributed by atoms with Crippen molar-refractivity contribution in [1.82, 2.24) is 0 Å². The highest BCUT2D eigenvalue weighted by molar-refractivity contribution is 5.95. The fraction of sp³-hybridized carbons (Fsp3) is 0.333. The molecule has 17 heavy (non-hydrogen) atoms. The van der Waals surface area contributed by atoms with Crippen LogP contribution in [0.4, 0.5) is 0 Å². The molecule has 0 bridgehead atoms. The molecule has 1 N–H and O–H groups in total. The predicted molar refractivity (Wildman–Crippen MR) is 58.2 cm³/mol. The Morgan fingerprint density at radius 2 is 2.35 bits per heavy atom. The Labute approximate surface area is 98.0 Å². The van der Waals surface area contributed by atoms with Crippen LogP contribution >= 0.6 is 0 Å². The van der Waals surface area contributed by atoms with Crippen molar-refractivity contribution in [2.24, 2.45) is 0 Å². The van der Waals surface area contributed by atoms with Gasteiger partial charge in [0.25, 0.3) is 0 Å². The van der Waals surface area contributed by atoms with Crippen molar-refractivity contribution in [3.05, 3.63) is 29.3 Å². The SMILES string of the molecule is CCOc1ccc2c(c1)C(=O)OC(C(=O)O)C2. The van der Waals surface area contributed by atoms with Crippen molar-refractivity contribution in [2.75, 3.05) is 6.61 Å². The Kier molecular flexibility index (Phi) is 2.99. The van der Waals surface area contributed by atoms with E-state index < -0.39 is 18.0 Å². The molecule has 1 aliphatic rings. The smallest absolute Gasteiger partial charge is 0.345 e. The van der Waals surface area contributed by atoms with Gasteiger partial charge in [0, 0.05) is 6.42 Å². The van der Waals surface area contributed by atoms with E-state index in [0.717, 1.165) is 0 Å². The number of carbonyl (C=O) groups is 2. The molecule has 0 saturated carbocycles. The molecule has 0 aromatic heterocycles. The monoisotopic (exact) mass is 236 g/mol. The van der Waals surface area contributed by atoms with Crippen LogP contribution in [0.15, 0.2) is 18.2 Å². The molecule has 1 aromatic carbocycles. The largest absolute Gasteiger partial charge is 0.494 e. The summed E-state index contributed by atoms with van der Waals surface area (Å²) in [6.07, 6.45) is -0.893. The van der Waals surface area contributed by atoms with Gasteiger partial charge < -0.3 is 14.6 Å². The average molecular weight is 236 g/mol. The molecule has 0 saturated heterocycles. The summed E-state index contributed by atoms with van der Waals surface area (Å²) in [4.78, 5) is 22.4. The molecule has 1 atom stereocenters.